The first-order chi connectivity index (χ1) is 14.9. The molecule has 0 unspecified atom stereocenters. The van der Waals surface area contributed by atoms with E-state index in [0.29, 0.717) is 28.5 Å². The summed E-state index contributed by atoms with van der Waals surface area (Å²) in [5.74, 6) is 0.565. The van der Waals surface area contributed by atoms with E-state index in [2.05, 4.69) is 20.4 Å². The molecule has 1 N–H and O–H groups in total. The van der Waals surface area contributed by atoms with Gasteiger partial charge in [-0.15, -0.1) is 0 Å². The van der Waals surface area contributed by atoms with Crippen LogP contribution in [-0.4, -0.2) is 34.3 Å². The summed E-state index contributed by atoms with van der Waals surface area (Å²) in [6.45, 7) is 0.653. The van der Waals surface area contributed by atoms with Crippen molar-refractivity contribution in [3.63, 3.8) is 0 Å². The van der Waals surface area contributed by atoms with Crippen LogP contribution in [0.25, 0.3) is 5.69 Å². The highest BCUT2D eigenvalue weighted by molar-refractivity contribution is 7.71. The van der Waals surface area contributed by atoms with Gasteiger partial charge in [-0.2, -0.15) is 28.5 Å². The second-order valence-electron chi connectivity index (χ2n) is 7.55. The number of alkyl halides is 3. The van der Waals surface area contributed by atoms with Crippen LogP contribution in [0.2, 0.25) is 0 Å². The molecule has 1 aromatic carbocycles. The maximum atomic E-state index is 13.2. The van der Waals surface area contributed by atoms with E-state index in [1.54, 1.807) is 15.4 Å². The van der Waals surface area contributed by atoms with Crippen molar-refractivity contribution in [2.75, 3.05) is 0 Å². The molecule has 1 aliphatic rings. The minimum Gasteiger partial charge on any atom is -0.267 e. The van der Waals surface area contributed by atoms with Gasteiger partial charge in [0.25, 0.3) is 0 Å². The summed E-state index contributed by atoms with van der Waals surface area (Å²) in [5.41, 5.74) is 1.47. The largest absolute Gasteiger partial charge is 0.435 e. The zero-order chi connectivity index (χ0) is 21.6. The van der Waals surface area contributed by atoms with Gasteiger partial charge in [0, 0.05) is 17.8 Å². The van der Waals surface area contributed by atoms with Gasteiger partial charge in [0.2, 0.25) is 0 Å². The summed E-state index contributed by atoms with van der Waals surface area (Å²) >= 11 is 5.37. The quantitative estimate of drug-likeness (QED) is 0.449. The molecule has 1 fully saturated rings. The van der Waals surface area contributed by atoms with Gasteiger partial charge >= 0.3 is 6.18 Å². The topological polar surface area (TPSA) is 69.2 Å². The lowest BCUT2D eigenvalue weighted by Gasteiger charge is -2.08. The molecule has 11 heteroatoms. The lowest BCUT2D eigenvalue weighted by atomic mass is 10.2. The molecule has 160 valence electrons. The average Bonchev–Trinajstić information content (AvgIpc) is 3.14. The van der Waals surface area contributed by atoms with Crippen LogP contribution in [0.15, 0.2) is 48.8 Å². The van der Waals surface area contributed by atoms with E-state index in [1.807, 2.05) is 36.5 Å². The van der Waals surface area contributed by atoms with Crippen LogP contribution in [0, 0.1) is 4.77 Å². The normalized spacial score (nSPS) is 14.3. The smallest absolute Gasteiger partial charge is 0.267 e. The van der Waals surface area contributed by atoms with Crippen molar-refractivity contribution in [2.24, 2.45) is 0 Å². The molecule has 31 heavy (non-hydrogen) atoms. The number of hydrogen-bond donors (Lipinski definition) is 1. The number of benzene rings is 1. The molecular formula is C20H18F3N7S. The first-order valence-corrected chi connectivity index (χ1v) is 10.2. The second-order valence-corrected chi connectivity index (χ2v) is 7.93. The Morgan fingerprint density at radius 2 is 1.90 bits per heavy atom. The number of rotatable bonds is 6. The molecule has 7 nitrogen and oxygen atoms in total. The van der Waals surface area contributed by atoms with E-state index in [1.165, 1.54) is 4.68 Å². The van der Waals surface area contributed by atoms with Crippen molar-refractivity contribution in [3.8, 4) is 5.69 Å². The highest BCUT2D eigenvalue weighted by Crippen LogP contribution is 2.42. The molecule has 1 aliphatic carbocycles. The molecule has 0 saturated heterocycles. The van der Waals surface area contributed by atoms with E-state index < -0.39 is 11.9 Å². The van der Waals surface area contributed by atoms with Gasteiger partial charge in [-0.25, -0.2) is 0 Å². The Balaban J connectivity index is 1.45. The SMILES string of the molecule is FC(F)(F)c1cc(C2CC2)n(Cc2n[nH]c(=S)n2-c2cnn(Cc3ccccc3)c2)n1. The van der Waals surface area contributed by atoms with Crippen molar-refractivity contribution in [1.82, 2.24) is 34.3 Å². The van der Waals surface area contributed by atoms with Crippen molar-refractivity contribution in [1.29, 1.82) is 0 Å². The van der Waals surface area contributed by atoms with Crippen molar-refractivity contribution in [3.05, 3.63) is 76.3 Å². The minimum atomic E-state index is -4.49. The average molecular weight is 445 g/mol. The summed E-state index contributed by atoms with van der Waals surface area (Å²) in [7, 11) is 0. The van der Waals surface area contributed by atoms with Crippen LogP contribution in [0.5, 0.6) is 0 Å². The molecule has 3 heterocycles. The first-order valence-electron chi connectivity index (χ1n) is 9.76. The summed E-state index contributed by atoms with van der Waals surface area (Å²) in [5, 5.41) is 15.2. The van der Waals surface area contributed by atoms with E-state index >= 15 is 0 Å². The predicted molar refractivity (Wildman–Crippen MR) is 108 cm³/mol. The van der Waals surface area contributed by atoms with Crippen molar-refractivity contribution in [2.45, 2.75) is 38.0 Å². The number of aromatic amines is 1. The number of nitrogens with zero attached hydrogens (tertiary/aromatic N) is 6. The van der Waals surface area contributed by atoms with Crippen molar-refractivity contribution >= 4 is 12.2 Å². The van der Waals surface area contributed by atoms with Gasteiger partial charge < -0.3 is 0 Å². The molecule has 0 bridgehead atoms. The Morgan fingerprint density at radius 1 is 1.13 bits per heavy atom. The van der Waals surface area contributed by atoms with Crippen molar-refractivity contribution < 1.29 is 13.2 Å². The van der Waals surface area contributed by atoms with E-state index in [-0.39, 0.29) is 12.5 Å². The Morgan fingerprint density at radius 3 is 2.61 bits per heavy atom. The van der Waals surface area contributed by atoms with E-state index in [4.69, 9.17) is 12.2 Å². The zero-order valence-electron chi connectivity index (χ0n) is 16.3. The van der Waals surface area contributed by atoms with E-state index in [0.717, 1.165) is 24.5 Å². The third-order valence-corrected chi connectivity index (χ3v) is 5.47. The van der Waals surface area contributed by atoms with Gasteiger partial charge in [-0.3, -0.25) is 19.0 Å². The van der Waals surface area contributed by atoms with Gasteiger partial charge in [0.05, 0.1) is 18.4 Å². The maximum absolute atomic E-state index is 13.2. The van der Waals surface area contributed by atoms with Crippen LogP contribution in [0.1, 0.15) is 41.5 Å². The monoisotopic (exact) mass is 445 g/mol. The summed E-state index contributed by atoms with van der Waals surface area (Å²) in [6, 6.07) is 11.0. The molecular weight excluding hydrogens is 427 g/mol. The van der Waals surface area contributed by atoms with Crippen LogP contribution in [0.4, 0.5) is 13.2 Å². The van der Waals surface area contributed by atoms with Crippen LogP contribution < -0.4 is 0 Å². The Kier molecular flexibility index (Phi) is 4.77. The first kappa shape index (κ1) is 19.7. The van der Waals surface area contributed by atoms with Crippen LogP contribution in [0.3, 0.4) is 0 Å². The number of hydrogen-bond acceptors (Lipinski definition) is 4. The molecule has 0 amide bonds. The summed E-state index contributed by atoms with van der Waals surface area (Å²) in [6.07, 6.45) is 0.722. The lowest BCUT2D eigenvalue weighted by molar-refractivity contribution is -0.141. The fraction of sp³-hybridized carbons (Fsp3) is 0.300. The Hall–Kier alpha value is -3.21. The highest BCUT2D eigenvalue weighted by atomic mass is 32.1. The third-order valence-electron chi connectivity index (χ3n) is 5.20. The zero-order valence-corrected chi connectivity index (χ0v) is 17.1. The Labute approximate surface area is 180 Å². The minimum absolute atomic E-state index is 0.0684. The van der Waals surface area contributed by atoms with Gasteiger partial charge in [0.15, 0.2) is 16.3 Å². The third kappa shape index (κ3) is 4.05. The summed E-state index contributed by atoms with van der Waals surface area (Å²) < 4.78 is 44.8. The number of halogens is 3. The maximum Gasteiger partial charge on any atom is 0.435 e. The molecule has 0 radical (unpaired) electrons. The predicted octanol–water partition coefficient (Wildman–Crippen LogP) is 4.32. The molecule has 0 spiro atoms. The number of nitrogens with one attached hydrogen (secondary N) is 1. The second kappa shape index (κ2) is 7.49. The number of H-pyrrole nitrogens is 1. The molecule has 5 rings (SSSR count). The number of aromatic nitrogens is 7. The van der Waals surface area contributed by atoms with Gasteiger partial charge in [-0.1, -0.05) is 30.3 Å². The molecule has 1 saturated carbocycles. The fourth-order valence-electron chi connectivity index (χ4n) is 3.57. The molecule has 0 atom stereocenters. The van der Waals surface area contributed by atoms with Gasteiger partial charge in [0.1, 0.15) is 6.54 Å². The fourth-order valence-corrected chi connectivity index (χ4v) is 3.82. The Bertz CT molecular complexity index is 1260. The van der Waals surface area contributed by atoms with Crippen LogP contribution >= 0.6 is 12.2 Å². The lowest BCUT2D eigenvalue weighted by Crippen LogP contribution is -2.12. The van der Waals surface area contributed by atoms with E-state index in [9.17, 15) is 13.2 Å². The highest BCUT2D eigenvalue weighted by Gasteiger charge is 2.38. The molecule has 4 aromatic rings. The summed E-state index contributed by atoms with van der Waals surface area (Å²) in [4.78, 5) is 0. The standard InChI is InChI=1S/C20H18F3N7S/c21-20(22,23)17-8-16(14-6-7-14)29(27-17)12-18-25-26-19(31)30(18)15-9-24-28(11-15)10-13-4-2-1-3-5-13/h1-5,8-9,11,14H,6-7,10,12H2,(H,26,31). The molecule has 0 aliphatic heterocycles. The van der Waals surface area contributed by atoms with Crippen LogP contribution in [-0.2, 0) is 19.3 Å². The molecule has 3 aromatic heterocycles. The van der Waals surface area contributed by atoms with Gasteiger partial charge in [-0.05, 0) is 36.7 Å².